The standard InChI is InChI=1S/C27H36N4O6S/c1-5-36-25(32)21-10-16-30(17-11-21)38(34,35)24-8-6-20(7-9-24)22-18-28-31(19-22)23-12-14-29(15-13-23)26(33)37-27(2,3)4/h6-10,18-19,23H,5,11-17H2,1-4H3. The van der Waals surface area contributed by atoms with Crippen molar-refractivity contribution in [1.82, 2.24) is 19.0 Å². The maximum atomic E-state index is 13.1. The molecule has 0 N–H and O–H groups in total. The molecule has 3 heterocycles. The normalized spacial score (nSPS) is 17.7. The summed E-state index contributed by atoms with van der Waals surface area (Å²) in [5.41, 5.74) is 1.76. The maximum absolute atomic E-state index is 13.1. The molecule has 38 heavy (non-hydrogen) atoms. The van der Waals surface area contributed by atoms with Gasteiger partial charge in [0.15, 0.2) is 0 Å². The summed E-state index contributed by atoms with van der Waals surface area (Å²) < 4.78 is 40.0. The van der Waals surface area contributed by atoms with Crippen molar-refractivity contribution < 1.29 is 27.5 Å². The highest BCUT2D eigenvalue weighted by Gasteiger charge is 2.29. The molecule has 0 aliphatic carbocycles. The van der Waals surface area contributed by atoms with Crippen LogP contribution in [0.4, 0.5) is 4.79 Å². The zero-order valence-corrected chi connectivity index (χ0v) is 23.2. The molecule has 0 spiro atoms. The molecule has 2 aromatic rings. The minimum atomic E-state index is -3.68. The zero-order valence-electron chi connectivity index (χ0n) is 22.4. The molecule has 1 fully saturated rings. The molecule has 0 saturated carbocycles. The Labute approximate surface area is 224 Å². The van der Waals surface area contributed by atoms with E-state index in [1.807, 2.05) is 31.6 Å². The molecule has 1 aromatic carbocycles. The maximum Gasteiger partial charge on any atom is 0.410 e. The third kappa shape index (κ3) is 6.44. The fourth-order valence-corrected chi connectivity index (χ4v) is 5.95. The number of nitrogens with zero attached hydrogens (tertiary/aromatic N) is 4. The van der Waals surface area contributed by atoms with Gasteiger partial charge in [-0.15, -0.1) is 0 Å². The average molecular weight is 545 g/mol. The van der Waals surface area contributed by atoms with Crippen LogP contribution in [-0.4, -0.2) is 77.9 Å². The lowest BCUT2D eigenvalue weighted by Crippen LogP contribution is -2.42. The van der Waals surface area contributed by atoms with Gasteiger partial charge in [-0.25, -0.2) is 18.0 Å². The highest BCUT2D eigenvalue weighted by molar-refractivity contribution is 7.89. The van der Waals surface area contributed by atoms with Crippen LogP contribution in [0.25, 0.3) is 11.1 Å². The number of carbonyl (C=O) groups excluding carboxylic acids is 2. The van der Waals surface area contributed by atoms with Crippen LogP contribution in [0.5, 0.6) is 0 Å². The van der Waals surface area contributed by atoms with E-state index in [0.29, 0.717) is 25.1 Å². The van der Waals surface area contributed by atoms with Crippen molar-refractivity contribution in [2.45, 2.75) is 63.5 Å². The molecular formula is C27H36N4O6S. The van der Waals surface area contributed by atoms with Gasteiger partial charge in [-0.3, -0.25) is 4.68 Å². The number of likely N-dealkylation sites (tertiary alicyclic amines) is 1. The van der Waals surface area contributed by atoms with E-state index in [0.717, 1.165) is 24.0 Å². The highest BCUT2D eigenvalue weighted by atomic mass is 32.2. The molecular weight excluding hydrogens is 508 g/mol. The Balaban J connectivity index is 1.37. The molecule has 2 aliphatic heterocycles. The van der Waals surface area contributed by atoms with E-state index in [4.69, 9.17) is 9.47 Å². The quantitative estimate of drug-likeness (QED) is 0.505. The molecule has 0 unspecified atom stereocenters. The molecule has 1 aromatic heterocycles. The van der Waals surface area contributed by atoms with E-state index in [2.05, 4.69) is 5.10 Å². The summed E-state index contributed by atoms with van der Waals surface area (Å²) in [6.07, 6.45) is 6.96. The fraction of sp³-hybridized carbons (Fsp3) is 0.519. The van der Waals surface area contributed by atoms with Crippen LogP contribution < -0.4 is 0 Å². The minimum Gasteiger partial charge on any atom is -0.463 e. The van der Waals surface area contributed by atoms with Crippen molar-refractivity contribution in [3.63, 3.8) is 0 Å². The van der Waals surface area contributed by atoms with Crippen molar-refractivity contribution in [2.24, 2.45) is 0 Å². The molecule has 1 saturated heterocycles. The van der Waals surface area contributed by atoms with Crippen LogP contribution in [0.3, 0.4) is 0 Å². The van der Waals surface area contributed by atoms with Crippen molar-refractivity contribution in [3.8, 4) is 11.1 Å². The van der Waals surface area contributed by atoms with E-state index in [1.165, 1.54) is 4.31 Å². The first-order valence-electron chi connectivity index (χ1n) is 13.0. The van der Waals surface area contributed by atoms with E-state index < -0.39 is 15.6 Å². The first-order valence-corrected chi connectivity index (χ1v) is 14.4. The van der Waals surface area contributed by atoms with Crippen LogP contribution in [0.1, 0.15) is 53.0 Å². The molecule has 2 aliphatic rings. The first kappa shape index (κ1) is 27.8. The van der Waals surface area contributed by atoms with Gasteiger partial charge in [0.05, 0.1) is 23.7 Å². The molecule has 4 rings (SSSR count). The van der Waals surface area contributed by atoms with E-state index >= 15 is 0 Å². The SMILES string of the molecule is CCOC(=O)C1=CCN(S(=O)(=O)c2ccc(-c3cnn(C4CCN(C(=O)OC(C)(C)C)CC4)c3)cc2)CC1. The van der Waals surface area contributed by atoms with E-state index in [1.54, 1.807) is 48.4 Å². The number of carbonyl (C=O) groups is 2. The van der Waals surface area contributed by atoms with Gasteiger partial charge in [0.25, 0.3) is 0 Å². The van der Waals surface area contributed by atoms with Gasteiger partial charge in [-0.2, -0.15) is 9.40 Å². The lowest BCUT2D eigenvalue weighted by molar-refractivity contribution is -0.138. The second kappa shape index (κ2) is 11.3. The Bertz CT molecular complexity index is 1290. The Morgan fingerprint density at radius 1 is 1.05 bits per heavy atom. The Morgan fingerprint density at radius 2 is 1.74 bits per heavy atom. The fourth-order valence-electron chi connectivity index (χ4n) is 4.57. The van der Waals surface area contributed by atoms with Gasteiger partial charge in [-0.1, -0.05) is 18.2 Å². The minimum absolute atomic E-state index is 0.137. The molecule has 206 valence electrons. The van der Waals surface area contributed by atoms with Crippen molar-refractivity contribution >= 4 is 22.1 Å². The number of hydrogen-bond donors (Lipinski definition) is 0. The number of piperidine rings is 1. The van der Waals surface area contributed by atoms with Crippen LogP contribution in [-0.2, 0) is 24.3 Å². The number of esters is 1. The predicted molar refractivity (Wildman–Crippen MR) is 142 cm³/mol. The summed E-state index contributed by atoms with van der Waals surface area (Å²) in [5, 5.41) is 4.54. The molecule has 10 nitrogen and oxygen atoms in total. The number of ether oxygens (including phenoxy) is 2. The van der Waals surface area contributed by atoms with Gasteiger partial charge in [0, 0.05) is 43.5 Å². The van der Waals surface area contributed by atoms with Gasteiger partial charge >= 0.3 is 12.1 Å². The number of amides is 1. The largest absolute Gasteiger partial charge is 0.463 e. The third-order valence-corrected chi connectivity index (χ3v) is 8.51. The number of benzene rings is 1. The summed E-state index contributed by atoms with van der Waals surface area (Å²) in [6, 6.07) is 6.94. The average Bonchev–Trinajstić information content (AvgIpc) is 3.38. The second-order valence-electron chi connectivity index (χ2n) is 10.5. The van der Waals surface area contributed by atoms with Gasteiger partial charge in [0.1, 0.15) is 5.60 Å². The summed E-state index contributed by atoms with van der Waals surface area (Å²) in [5.74, 6) is -0.386. The Morgan fingerprint density at radius 3 is 2.32 bits per heavy atom. The van der Waals surface area contributed by atoms with Crippen molar-refractivity contribution in [3.05, 3.63) is 48.3 Å². The monoisotopic (exact) mass is 544 g/mol. The summed E-state index contributed by atoms with van der Waals surface area (Å²) in [7, 11) is -3.68. The Kier molecular flexibility index (Phi) is 8.27. The highest BCUT2D eigenvalue weighted by Crippen LogP contribution is 2.28. The number of hydrogen-bond acceptors (Lipinski definition) is 7. The second-order valence-corrected chi connectivity index (χ2v) is 12.4. The van der Waals surface area contributed by atoms with Gasteiger partial charge in [0.2, 0.25) is 10.0 Å². The predicted octanol–water partition coefficient (Wildman–Crippen LogP) is 4.01. The lowest BCUT2D eigenvalue weighted by atomic mass is 10.1. The molecule has 0 atom stereocenters. The summed E-state index contributed by atoms with van der Waals surface area (Å²) >= 11 is 0. The van der Waals surface area contributed by atoms with Crippen LogP contribution in [0.2, 0.25) is 0 Å². The number of rotatable bonds is 6. The van der Waals surface area contributed by atoms with Gasteiger partial charge in [-0.05, 0) is 64.7 Å². The smallest absolute Gasteiger partial charge is 0.410 e. The van der Waals surface area contributed by atoms with Crippen LogP contribution in [0, 0.1) is 0 Å². The zero-order chi connectivity index (χ0) is 27.5. The molecule has 1 amide bonds. The molecule has 11 heteroatoms. The Hall–Kier alpha value is -3.18. The lowest BCUT2D eigenvalue weighted by Gasteiger charge is -2.33. The van der Waals surface area contributed by atoms with E-state index in [-0.39, 0.29) is 42.7 Å². The van der Waals surface area contributed by atoms with Crippen molar-refractivity contribution in [1.29, 1.82) is 0 Å². The molecule has 0 radical (unpaired) electrons. The van der Waals surface area contributed by atoms with Gasteiger partial charge < -0.3 is 14.4 Å². The third-order valence-electron chi connectivity index (χ3n) is 6.63. The molecule has 0 bridgehead atoms. The topological polar surface area (TPSA) is 111 Å². The number of aromatic nitrogens is 2. The summed E-state index contributed by atoms with van der Waals surface area (Å²) in [4.78, 5) is 26.2. The van der Waals surface area contributed by atoms with Crippen LogP contribution in [0.15, 0.2) is 53.2 Å². The summed E-state index contributed by atoms with van der Waals surface area (Å²) in [6.45, 7) is 9.19. The first-order chi connectivity index (χ1) is 18.0. The van der Waals surface area contributed by atoms with E-state index in [9.17, 15) is 18.0 Å². The van der Waals surface area contributed by atoms with Crippen LogP contribution >= 0.6 is 0 Å². The number of sulfonamides is 1. The van der Waals surface area contributed by atoms with Crippen molar-refractivity contribution in [2.75, 3.05) is 32.8 Å².